The van der Waals surface area contributed by atoms with Gasteiger partial charge in [-0.05, 0) is 55.6 Å². The molecule has 0 fully saturated rings. The van der Waals surface area contributed by atoms with E-state index < -0.39 is 5.97 Å². The average Bonchev–Trinajstić information content (AvgIpc) is 2.88. The van der Waals surface area contributed by atoms with Crippen LogP contribution in [-0.2, 0) is 13.0 Å². The van der Waals surface area contributed by atoms with Gasteiger partial charge in [-0.1, -0.05) is 23.7 Å². The molecule has 0 aliphatic carbocycles. The second kappa shape index (κ2) is 8.17. The lowest BCUT2D eigenvalue weighted by molar-refractivity contribution is 0.0696. The van der Waals surface area contributed by atoms with Crippen molar-refractivity contribution in [1.29, 1.82) is 0 Å². The van der Waals surface area contributed by atoms with Gasteiger partial charge in [0.1, 0.15) is 0 Å². The summed E-state index contributed by atoms with van der Waals surface area (Å²) in [7, 11) is 0. The first-order chi connectivity index (χ1) is 10.1. The number of aryl methyl sites for hydroxylation is 1. The molecule has 0 saturated carbocycles. The van der Waals surface area contributed by atoms with E-state index in [2.05, 4.69) is 11.4 Å². The molecule has 0 atom stereocenters. The van der Waals surface area contributed by atoms with E-state index in [1.54, 1.807) is 29.5 Å². The Morgan fingerprint density at radius 1 is 1.24 bits per heavy atom. The molecule has 2 aromatic rings. The summed E-state index contributed by atoms with van der Waals surface area (Å²) in [6.07, 6.45) is 3.28. The Bertz CT molecular complexity index is 597. The van der Waals surface area contributed by atoms with Gasteiger partial charge in [-0.2, -0.15) is 0 Å². The summed E-state index contributed by atoms with van der Waals surface area (Å²) in [5.41, 5.74) is 1.34. The minimum absolute atomic E-state index is 0.337. The van der Waals surface area contributed by atoms with Crippen LogP contribution in [-0.4, -0.2) is 17.6 Å². The van der Waals surface area contributed by atoms with Gasteiger partial charge >= 0.3 is 5.97 Å². The number of carbonyl (C=O) groups is 1. The minimum Gasteiger partial charge on any atom is -0.478 e. The molecule has 0 bridgehead atoms. The van der Waals surface area contributed by atoms with E-state index in [-0.39, 0.29) is 0 Å². The number of benzene rings is 1. The molecule has 21 heavy (non-hydrogen) atoms. The van der Waals surface area contributed by atoms with Crippen LogP contribution in [0.1, 0.15) is 33.6 Å². The zero-order valence-electron chi connectivity index (χ0n) is 11.6. The number of carboxylic acids is 1. The van der Waals surface area contributed by atoms with Crippen molar-refractivity contribution < 1.29 is 9.90 Å². The fourth-order valence-electron chi connectivity index (χ4n) is 2.08. The molecule has 0 radical (unpaired) electrons. The Morgan fingerprint density at radius 3 is 2.81 bits per heavy atom. The minimum atomic E-state index is -0.883. The largest absolute Gasteiger partial charge is 0.478 e. The topological polar surface area (TPSA) is 49.3 Å². The van der Waals surface area contributed by atoms with Crippen molar-refractivity contribution in [3.8, 4) is 0 Å². The van der Waals surface area contributed by atoms with E-state index in [1.165, 1.54) is 4.88 Å². The number of hydrogen-bond donors (Lipinski definition) is 2. The molecule has 3 nitrogen and oxygen atoms in total. The van der Waals surface area contributed by atoms with Gasteiger partial charge < -0.3 is 10.4 Å². The summed E-state index contributed by atoms with van der Waals surface area (Å²) >= 11 is 7.53. The molecular weight excluding hydrogens is 306 g/mol. The highest BCUT2D eigenvalue weighted by atomic mass is 35.5. The third kappa shape index (κ3) is 5.50. The van der Waals surface area contributed by atoms with Gasteiger partial charge in [0.2, 0.25) is 0 Å². The maximum Gasteiger partial charge on any atom is 0.335 e. The standard InChI is InChI=1S/C16H18ClNO2S/c17-15-8-7-14(21-15)6-1-2-9-18-11-12-4-3-5-13(10-12)16(19)20/h3-5,7-8,10,18H,1-2,6,9,11H2,(H,19,20). The maximum absolute atomic E-state index is 10.9. The third-order valence-electron chi connectivity index (χ3n) is 3.16. The van der Waals surface area contributed by atoms with Gasteiger partial charge in [0.15, 0.2) is 0 Å². The van der Waals surface area contributed by atoms with E-state index in [1.807, 2.05) is 12.1 Å². The predicted molar refractivity (Wildman–Crippen MR) is 87.4 cm³/mol. The number of hydrogen-bond acceptors (Lipinski definition) is 3. The van der Waals surface area contributed by atoms with Crippen LogP contribution in [0, 0.1) is 0 Å². The van der Waals surface area contributed by atoms with E-state index in [9.17, 15) is 4.79 Å². The molecule has 0 amide bonds. The predicted octanol–water partition coefficient (Wildman–Crippen LogP) is 4.21. The monoisotopic (exact) mass is 323 g/mol. The van der Waals surface area contributed by atoms with Crippen molar-refractivity contribution in [3.05, 3.63) is 56.7 Å². The van der Waals surface area contributed by atoms with E-state index in [4.69, 9.17) is 16.7 Å². The van der Waals surface area contributed by atoms with Crippen molar-refractivity contribution in [1.82, 2.24) is 5.32 Å². The Hall–Kier alpha value is -1.36. The molecule has 5 heteroatoms. The zero-order chi connectivity index (χ0) is 15.1. The van der Waals surface area contributed by atoms with Crippen molar-refractivity contribution in [2.24, 2.45) is 0 Å². The number of aromatic carboxylic acids is 1. The molecule has 0 aliphatic heterocycles. The van der Waals surface area contributed by atoms with Crippen LogP contribution in [0.15, 0.2) is 36.4 Å². The Labute approximate surface area is 133 Å². The fraction of sp³-hybridized carbons (Fsp3) is 0.312. The Balaban J connectivity index is 1.63. The number of nitrogens with one attached hydrogen (secondary N) is 1. The molecule has 2 N–H and O–H groups in total. The molecular formula is C16H18ClNO2S. The van der Waals surface area contributed by atoms with Crippen molar-refractivity contribution >= 4 is 28.9 Å². The van der Waals surface area contributed by atoms with Gasteiger partial charge in [0.05, 0.1) is 9.90 Å². The fourth-order valence-corrected chi connectivity index (χ4v) is 3.21. The summed E-state index contributed by atoms with van der Waals surface area (Å²) < 4.78 is 0.849. The van der Waals surface area contributed by atoms with Crippen LogP contribution < -0.4 is 5.32 Å². The van der Waals surface area contributed by atoms with E-state index in [0.717, 1.165) is 35.7 Å². The first kappa shape index (κ1) is 16.0. The van der Waals surface area contributed by atoms with Crippen LogP contribution in [0.2, 0.25) is 4.34 Å². The molecule has 0 saturated heterocycles. The number of unbranched alkanes of at least 4 members (excludes halogenated alkanes) is 1. The van der Waals surface area contributed by atoms with Gasteiger partial charge in [-0.25, -0.2) is 4.79 Å². The highest BCUT2D eigenvalue weighted by molar-refractivity contribution is 7.16. The summed E-state index contributed by atoms with van der Waals surface area (Å²) in [5, 5.41) is 12.3. The molecule has 112 valence electrons. The summed E-state index contributed by atoms with van der Waals surface area (Å²) in [4.78, 5) is 12.2. The SMILES string of the molecule is O=C(O)c1cccc(CNCCCCc2ccc(Cl)s2)c1. The first-order valence-corrected chi connectivity index (χ1v) is 8.12. The number of thiophene rings is 1. The molecule has 1 heterocycles. The molecule has 0 unspecified atom stereocenters. The second-order valence-electron chi connectivity index (χ2n) is 4.85. The summed E-state index contributed by atoms with van der Waals surface area (Å²) in [5.74, 6) is -0.883. The summed E-state index contributed by atoms with van der Waals surface area (Å²) in [6, 6.07) is 11.1. The lowest BCUT2D eigenvalue weighted by atomic mass is 10.1. The van der Waals surface area contributed by atoms with Crippen molar-refractivity contribution in [2.75, 3.05) is 6.54 Å². The number of carboxylic acid groups (broad SMARTS) is 1. The normalized spacial score (nSPS) is 10.7. The van der Waals surface area contributed by atoms with Crippen LogP contribution in [0.25, 0.3) is 0 Å². The summed E-state index contributed by atoms with van der Waals surface area (Å²) in [6.45, 7) is 1.63. The zero-order valence-corrected chi connectivity index (χ0v) is 13.2. The van der Waals surface area contributed by atoms with Gasteiger partial charge in [-0.15, -0.1) is 11.3 Å². The van der Waals surface area contributed by atoms with Crippen LogP contribution in [0.3, 0.4) is 0 Å². The van der Waals surface area contributed by atoms with Crippen LogP contribution >= 0.6 is 22.9 Å². The molecule has 2 rings (SSSR count). The maximum atomic E-state index is 10.9. The van der Waals surface area contributed by atoms with Crippen molar-refractivity contribution in [2.45, 2.75) is 25.8 Å². The first-order valence-electron chi connectivity index (χ1n) is 6.92. The lowest BCUT2D eigenvalue weighted by Gasteiger charge is -2.05. The average molecular weight is 324 g/mol. The van der Waals surface area contributed by atoms with Gasteiger partial charge in [0, 0.05) is 11.4 Å². The third-order valence-corrected chi connectivity index (χ3v) is 4.45. The number of rotatable bonds is 8. The molecule has 0 aliphatic rings. The van der Waals surface area contributed by atoms with Crippen molar-refractivity contribution in [3.63, 3.8) is 0 Å². The Kier molecular flexibility index (Phi) is 6.23. The van der Waals surface area contributed by atoms with E-state index >= 15 is 0 Å². The highest BCUT2D eigenvalue weighted by Crippen LogP contribution is 2.22. The van der Waals surface area contributed by atoms with Gasteiger partial charge in [0.25, 0.3) is 0 Å². The quantitative estimate of drug-likeness (QED) is 0.715. The van der Waals surface area contributed by atoms with Gasteiger partial charge in [-0.3, -0.25) is 0 Å². The Morgan fingerprint density at radius 2 is 2.10 bits per heavy atom. The molecule has 0 spiro atoms. The highest BCUT2D eigenvalue weighted by Gasteiger charge is 2.02. The number of halogens is 1. The van der Waals surface area contributed by atoms with Crippen LogP contribution in [0.5, 0.6) is 0 Å². The smallest absolute Gasteiger partial charge is 0.335 e. The van der Waals surface area contributed by atoms with E-state index in [0.29, 0.717) is 12.1 Å². The van der Waals surface area contributed by atoms with Crippen LogP contribution in [0.4, 0.5) is 0 Å². The lowest BCUT2D eigenvalue weighted by Crippen LogP contribution is -2.15. The molecule has 1 aromatic carbocycles. The second-order valence-corrected chi connectivity index (χ2v) is 6.64. The molecule has 1 aromatic heterocycles.